The molecule has 0 spiro atoms. The number of aliphatic hydroxyl groups is 1. The van der Waals surface area contributed by atoms with Crippen LogP contribution in [-0.4, -0.2) is 28.9 Å². The molecule has 0 radical (unpaired) electrons. The maximum absolute atomic E-state index is 11.4. The topological polar surface area (TPSA) is 58.6 Å². The fraction of sp³-hybridized carbons (Fsp3) is 0.909. The van der Waals surface area contributed by atoms with Gasteiger partial charge >= 0.3 is 6.09 Å². The third-order valence-electron chi connectivity index (χ3n) is 1.80. The van der Waals surface area contributed by atoms with Gasteiger partial charge in [-0.05, 0) is 47.5 Å². The molecule has 0 aliphatic rings. The molecule has 15 heavy (non-hydrogen) atoms. The third-order valence-corrected chi connectivity index (χ3v) is 1.80. The first-order valence-electron chi connectivity index (χ1n) is 5.28. The first kappa shape index (κ1) is 14.2. The van der Waals surface area contributed by atoms with Crippen molar-refractivity contribution in [2.75, 3.05) is 6.61 Å². The van der Waals surface area contributed by atoms with Crippen LogP contribution in [-0.2, 0) is 4.74 Å². The van der Waals surface area contributed by atoms with E-state index in [-0.39, 0.29) is 12.1 Å². The van der Waals surface area contributed by atoms with Gasteiger partial charge in [0.05, 0.1) is 0 Å². The quantitative estimate of drug-likeness (QED) is 0.757. The molecular formula is C11H23NO3. The Morgan fingerprint density at radius 3 is 2.20 bits per heavy atom. The standard InChI is InChI=1S/C11H23NO3/c1-10(2,3)15-9(14)12-11(4,5)7-6-8-13/h13H,6-8H2,1-5H3,(H,12,14). The number of rotatable bonds is 4. The van der Waals surface area contributed by atoms with E-state index < -0.39 is 11.7 Å². The Morgan fingerprint density at radius 2 is 1.80 bits per heavy atom. The summed E-state index contributed by atoms with van der Waals surface area (Å²) >= 11 is 0. The van der Waals surface area contributed by atoms with Crippen LogP contribution in [0.5, 0.6) is 0 Å². The van der Waals surface area contributed by atoms with E-state index in [4.69, 9.17) is 9.84 Å². The zero-order chi connectivity index (χ0) is 12.1. The van der Waals surface area contributed by atoms with Crippen molar-refractivity contribution >= 4 is 6.09 Å². The molecule has 0 fully saturated rings. The highest BCUT2D eigenvalue weighted by Gasteiger charge is 2.23. The Balaban J connectivity index is 4.04. The summed E-state index contributed by atoms with van der Waals surface area (Å²) in [5, 5.41) is 11.5. The van der Waals surface area contributed by atoms with Crippen molar-refractivity contribution in [3.05, 3.63) is 0 Å². The molecule has 4 nitrogen and oxygen atoms in total. The zero-order valence-corrected chi connectivity index (χ0v) is 10.4. The van der Waals surface area contributed by atoms with Crippen LogP contribution in [0.25, 0.3) is 0 Å². The van der Waals surface area contributed by atoms with E-state index in [0.717, 1.165) is 6.42 Å². The number of aliphatic hydroxyl groups excluding tert-OH is 1. The van der Waals surface area contributed by atoms with Crippen molar-refractivity contribution in [1.82, 2.24) is 5.32 Å². The molecule has 0 heterocycles. The van der Waals surface area contributed by atoms with Gasteiger partial charge in [-0.3, -0.25) is 0 Å². The smallest absolute Gasteiger partial charge is 0.408 e. The first-order valence-corrected chi connectivity index (χ1v) is 5.28. The second kappa shape index (κ2) is 5.35. The Labute approximate surface area is 92.0 Å². The van der Waals surface area contributed by atoms with Gasteiger partial charge in [-0.1, -0.05) is 0 Å². The number of carbonyl (C=O) groups is 1. The van der Waals surface area contributed by atoms with Crippen LogP contribution in [0.2, 0.25) is 0 Å². The average Bonchev–Trinajstić information content (AvgIpc) is 1.95. The van der Waals surface area contributed by atoms with E-state index in [9.17, 15) is 4.79 Å². The van der Waals surface area contributed by atoms with Crippen molar-refractivity contribution in [2.24, 2.45) is 0 Å². The van der Waals surface area contributed by atoms with Gasteiger partial charge in [0.2, 0.25) is 0 Å². The molecule has 0 bridgehead atoms. The van der Waals surface area contributed by atoms with Crippen LogP contribution in [0.4, 0.5) is 4.79 Å². The van der Waals surface area contributed by atoms with E-state index in [1.807, 2.05) is 34.6 Å². The minimum atomic E-state index is -0.475. The van der Waals surface area contributed by atoms with Crippen molar-refractivity contribution in [3.8, 4) is 0 Å². The van der Waals surface area contributed by atoms with Crippen LogP contribution >= 0.6 is 0 Å². The summed E-state index contributed by atoms with van der Waals surface area (Å²) in [5.41, 5.74) is -0.817. The van der Waals surface area contributed by atoms with Crippen LogP contribution in [0, 0.1) is 0 Å². The Morgan fingerprint density at radius 1 is 1.27 bits per heavy atom. The minimum Gasteiger partial charge on any atom is -0.444 e. The predicted molar refractivity (Wildman–Crippen MR) is 59.8 cm³/mol. The van der Waals surface area contributed by atoms with Gasteiger partial charge in [0.1, 0.15) is 5.60 Å². The van der Waals surface area contributed by atoms with E-state index >= 15 is 0 Å². The molecule has 0 aromatic heterocycles. The molecule has 0 aliphatic heterocycles. The lowest BCUT2D eigenvalue weighted by atomic mass is 9.99. The van der Waals surface area contributed by atoms with Gasteiger partial charge in [0.25, 0.3) is 0 Å². The molecule has 1 amide bonds. The van der Waals surface area contributed by atoms with Crippen LogP contribution in [0.1, 0.15) is 47.5 Å². The summed E-state index contributed by atoms with van der Waals surface area (Å²) in [6.07, 6.45) is 0.983. The molecule has 2 N–H and O–H groups in total. The van der Waals surface area contributed by atoms with Gasteiger partial charge in [-0.15, -0.1) is 0 Å². The summed E-state index contributed by atoms with van der Waals surface area (Å²) in [4.78, 5) is 11.4. The molecule has 0 aromatic carbocycles. The molecule has 0 saturated carbocycles. The lowest BCUT2D eigenvalue weighted by Gasteiger charge is -2.28. The fourth-order valence-electron chi connectivity index (χ4n) is 1.16. The van der Waals surface area contributed by atoms with Crippen molar-refractivity contribution in [3.63, 3.8) is 0 Å². The van der Waals surface area contributed by atoms with E-state index in [0.29, 0.717) is 6.42 Å². The highest BCUT2D eigenvalue weighted by molar-refractivity contribution is 5.68. The largest absolute Gasteiger partial charge is 0.444 e. The molecule has 0 aliphatic carbocycles. The summed E-state index contributed by atoms with van der Waals surface area (Å²) < 4.78 is 5.14. The Hall–Kier alpha value is -0.770. The van der Waals surface area contributed by atoms with Crippen molar-refractivity contribution in [1.29, 1.82) is 0 Å². The zero-order valence-electron chi connectivity index (χ0n) is 10.4. The number of nitrogens with one attached hydrogen (secondary N) is 1. The molecular weight excluding hydrogens is 194 g/mol. The molecule has 0 rings (SSSR count). The number of alkyl carbamates (subject to hydrolysis) is 1. The summed E-state index contributed by atoms with van der Waals surface area (Å²) in [6.45, 7) is 9.44. The first-order chi connectivity index (χ1) is 6.66. The lowest BCUT2D eigenvalue weighted by Crippen LogP contribution is -2.45. The molecule has 0 saturated heterocycles. The Kier molecular flexibility index (Phi) is 5.08. The average molecular weight is 217 g/mol. The highest BCUT2D eigenvalue weighted by Crippen LogP contribution is 2.13. The van der Waals surface area contributed by atoms with Gasteiger partial charge in [-0.2, -0.15) is 0 Å². The normalized spacial score (nSPS) is 12.4. The van der Waals surface area contributed by atoms with E-state index in [2.05, 4.69) is 5.32 Å². The summed E-state index contributed by atoms with van der Waals surface area (Å²) in [6, 6.07) is 0. The number of hydrogen-bond acceptors (Lipinski definition) is 3. The number of amides is 1. The maximum atomic E-state index is 11.4. The van der Waals surface area contributed by atoms with Crippen LogP contribution in [0.15, 0.2) is 0 Å². The molecule has 4 heteroatoms. The third kappa shape index (κ3) is 8.24. The number of carbonyl (C=O) groups excluding carboxylic acids is 1. The molecule has 90 valence electrons. The Bertz CT molecular complexity index is 206. The van der Waals surface area contributed by atoms with Crippen LogP contribution in [0.3, 0.4) is 0 Å². The van der Waals surface area contributed by atoms with Gasteiger partial charge < -0.3 is 15.2 Å². The summed E-state index contributed by atoms with van der Waals surface area (Å²) in [7, 11) is 0. The van der Waals surface area contributed by atoms with Gasteiger partial charge in [0, 0.05) is 12.1 Å². The molecule has 0 atom stereocenters. The number of ether oxygens (including phenoxy) is 1. The second-order valence-corrected chi connectivity index (χ2v) is 5.34. The summed E-state index contributed by atoms with van der Waals surface area (Å²) in [5.74, 6) is 0. The minimum absolute atomic E-state index is 0.138. The molecule has 0 aromatic rings. The van der Waals surface area contributed by atoms with E-state index in [1.165, 1.54) is 0 Å². The predicted octanol–water partition coefficient (Wildman–Crippen LogP) is 2.06. The number of hydrogen-bond donors (Lipinski definition) is 2. The SMILES string of the molecule is CC(C)(CCCO)NC(=O)OC(C)(C)C. The van der Waals surface area contributed by atoms with Gasteiger partial charge in [-0.25, -0.2) is 4.79 Å². The lowest BCUT2D eigenvalue weighted by molar-refractivity contribution is 0.0464. The highest BCUT2D eigenvalue weighted by atomic mass is 16.6. The monoisotopic (exact) mass is 217 g/mol. The maximum Gasteiger partial charge on any atom is 0.408 e. The molecule has 0 unspecified atom stereocenters. The van der Waals surface area contributed by atoms with Crippen molar-refractivity contribution < 1.29 is 14.6 Å². The fourth-order valence-corrected chi connectivity index (χ4v) is 1.16. The van der Waals surface area contributed by atoms with Gasteiger partial charge in [0.15, 0.2) is 0 Å². The van der Waals surface area contributed by atoms with E-state index in [1.54, 1.807) is 0 Å². The van der Waals surface area contributed by atoms with Crippen LogP contribution < -0.4 is 5.32 Å². The van der Waals surface area contributed by atoms with Crippen molar-refractivity contribution in [2.45, 2.75) is 58.6 Å². The second-order valence-electron chi connectivity index (χ2n) is 5.34.